The number of nitro groups is 1. The number of nitrogens with zero attached hydrogens (tertiary/aromatic N) is 1. The van der Waals surface area contributed by atoms with E-state index in [-0.39, 0.29) is 22.2 Å². The molecule has 120 valence electrons. The SMILES string of the molecule is CC(C)c1ccccc1CNC(=O)c1ccc([N+](=O)[O-])cc1Cl. The molecule has 6 heteroatoms. The summed E-state index contributed by atoms with van der Waals surface area (Å²) in [6.45, 7) is 4.56. The molecule has 0 saturated carbocycles. The molecule has 23 heavy (non-hydrogen) atoms. The lowest BCUT2D eigenvalue weighted by Crippen LogP contribution is -2.23. The third kappa shape index (κ3) is 4.07. The average molecular weight is 333 g/mol. The number of carbonyl (C=O) groups excluding carboxylic acids is 1. The molecule has 5 nitrogen and oxygen atoms in total. The largest absolute Gasteiger partial charge is 0.348 e. The fourth-order valence-electron chi connectivity index (χ4n) is 2.33. The summed E-state index contributed by atoms with van der Waals surface area (Å²) in [5.74, 6) is -0.00507. The molecule has 0 bridgehead atoms. The third-order valence-electron chi connectivity index (χ3n) is 3.52. The Balaban J connectivity index is 2.13. The van der Waals surface area contributed by atoms with Gasteiger partial charge >= 0.3 is 0 Å². The van der Waals surface area contributed by atoms with Crippen molar-refractivity contribution in [3.8, 4) is 0 Å². The van der Waals surface area contributed by atoms with Crippen LogP contribution in [0.3, 0.4) is 0 Å². The van der Waals surface area contributed by atoms with Crippen LogP contribution in [0.2, 0.25) is 5.02 Å². The lowest BCUT2D eigenvalue weighted by atomic mass is 9.97. The molecule has 0 fully saturated rings. The van der Waals surface area contributed by atoms with Gasteiger partial charge in [0.1, 0.15) is 0 Å². The number of benzene rings is 2. The Bertz CT molecular complexity index is 744. The van der Waals surface area contributed by atoms with Gasteiger partial charge in [-0.1, -0.05) is 49.7 Å². The van der Waals surface area contributed by atoms with Gasteiger partial charge in [-0.05, 0) is 23.1 Å². The first-order valence-electron chi connectivity index (χ1n) is 7.20. The molecule has 0 atom stereocenters. The minimum Gasteiger partial charge on any atom is -0.348 e. The van der Waals surface area contributed by atoms with Gasteiger partial charge in [-0.2, -0.15) is 0 Å². The van der Waals surface area contributed by atoms with Gasteiger partial charge in [-0.25, -0.2) is 0 Å². The number of hydrogen-bond donors (Lipinski definition) is 1. The molecular weight excluding hydrogens is 316 g/mol. The summed E-state index contributed by atoms with van der Waals surface area (Å²) >= 11 is 5.97. The van der Waals surface area contributed by atoms with E-state index in [2.05, 4.69) is 19.2 Å². The number of nitro benzene ring substituents is 1. The first-order chi connectivity index (χ1) is 10.9. The molecule has 1 N–H and O–H groups in total. The van der Waals surface area contributed by atoms with Crippen molar-refractivity contribution in [2.45, 2.75) is 26.3 Å². The molecule has 2 rings (SSSR count). The molecule has 0 aromatic heterocycles. The Hall–Kier alpha value is -2.40. The van der Waals surface area contributed by atoms with Crippen molar-refractivity contribution in [3.05, 3.63) is 74.3 Å². The second kappa shape index (κ2) is 7.24. The molecule has 2 aromatic carbocycles. The van der Waals surface area contributed by atoms with E-state index >= 15 is 0 Å². The molecule has 0 aliphatic heterocycles. The molecule has 2 aromatic rings. The highest BCUT2D eigenvalue weighted by Gasteiger charge is 2.15. The Labute approximate surface area is 139 Å². The minimum absolute atomic E-state index is 0.0637. The summed E-state index contributed by atoms with van der Waals surface area (Å²) in [6, 6.07) is 11.7. The Morgan fingerprint density at radius 1 is 1.26 bits per heavy atom. The number of non-ortho nitro benzene ring substituents is 1. The van der Waals surface area contributed by atoms with Crippen LogP contribution in [0.25, 0.3) is 0 Å². The first kappa shape index (κ1) is 17.0. The van der Waals surface area contributed by atoms with Crippen LogP contribution in [-0.2, 0) is 6.54 Å². The number of nitrogens with one attached hydrogen (secondary N) is 1. The van der Waals surface area contributed by atoms with Gasteiger partial charge in [0.05, 0.1) is 15.5 Å². The zero-order valence-electron chi connectivity index (χ0n) is 12.9. The zero-order valence-corrected chi connectivity index (χ0v) is 13.6. The summed E-state index contributed by atoms with van der Waals surface area (Å²) in [4.78, 5) is 22.4. The van der Waals surface area contributed by atoms with Gasteiger partial charge in [-0.3, -0.25) is 14.9 Å². The van der Waals surface area contributed by atoms with E-state index in [1.54, 1.807) is 0 Å². The van der Waals surface area contributed by atoms with E-state index in [0.29, 0.717) is 12.5 Å². The number of rotatable bonds is 5. The molecule has 0 unspecified atom stereocenters. The van der Waals surface area contributed by atoms with Gasteiger partial charge in [0.2, 0.25) is 0 Å². The van der Waals surface area contributed by atoms with Crippen molar-refractivity contribution >= 4 is 23.2 Å². The van der Waals surface area contributed by atoms with E-state index in [9.17, 15) is 14.9 Å². The first-order valence-corrected chi connectivity index (χ1v) is 7.58. The molecule has 0 heterocycles. The van der Waals surface area contributed by atoms with Gasteiger partial charge in [-0.15, -0.1) is 0 Å². The standard InChI is InChI=1S/C17H17ClN2O3/c1-11(2)14-6-4-3-5-12(14)10-19-17(21)15-8-7-13(20(22)23)9-16(15)18/h3-9,11H,10H2,1-2H3,(H,19,21). The van der Waals surface area contributed by atoms with Gasteiger partial charge in [0, 0.05) is 18.7 Å². The number of amides is 1. The Morgan fingerprint density at radius 2 is 1.96 bits per heavy atom. The number of halogens is 1. The van der Waals surface area contributed by atoms with Crippen molar-refractivity contribution in [3.63, 3.8) is 0 Å². The van der Waals surface area contributed by atoms with Crippen LogP contribution >= 0.6 is 11.6 Å². The molecule has 1 amide bonds. The lowest BCUT2D eigenvalue weighted by Gasteiger charge is -2.13. The predicted molar refractivity (Wildman–Crippen MR) is 89.8 cm³/mol. The highest BCUT2D eigenvalue weighted by Crippen LogP contribution is 2.23. The lowest BCUT2D eigenvalue weighted by molar-refractivity contribution is -0.384. The Kier molecular flexibility index (Phi) is 5.34. The molecule has 0 aliphatic carbocycles. The zero-order chi connectivity index (χ0) is 17.0. The van der Waals surface area contributed by atoms with E-state index < -0.39 is 4.92 Å². The summed E-state index contributed by atoms with van der Waals surface area (Å²) in [5.41, 5.74) is 2.28. The van der Waals surface area contributed by atoms with Crippen LogP contribution in [0.4, 0.5) is 5.69 Å². The highest BCUT2D eigenvalue weighted by atomic mass is 35.5. The summed E-state index contributed by atoms with van der Waals surface area (Å²) in [5, 5.41) is 13.6. The number of carbonyl (C=O) groups is 1. The quantitative estimate of drug-likeness (QED) is 0.655. The topological polar surface area (TPSA) is 72.2 Å². The van der Waals surface area contributed by atoms with Crippen molar-refractivity contribution in [1.82, 2.24) is 5.32 Å². The van der Waals surface area contributed by atoms with Gasteiger partial charge < -0.3 is 5.32 Å². The summed E-state index contributed by atoms with van der Waals surface area (Å²) in [6.07, 6.45) is 0. The fourth-order valence-corrected chi connectivity index (χ4v) is 2.59. The maximum absolute atomic E-state index is 12.2. The minimum atomic E-state index is -0.549. The second-order valence-corrected chi connectivity index (χ2v) is 5.86. The van der Waals surface area contributed by atoms with Gasteiger partial charge in [0.15, 0.2) is 0 Å². The van der Waals surface area contributed by atoms with E-state index in [1.165, 1.54) is 23.8 Å². The summed E-state index contributed by atoms with van der Waals surface area (Å²) < 4.78 is 0. The van der Waals surface area contributed by atoms with Crippen LogP contribution in [0.15, 0.2) is 42.5 Å². The summed E-state index contributed by atoms with van der Waals surface area (Å²) in [7, 11) is 0. The molecule has 0 saturated heterocycles. The van der Waals surface area contributed by atoms with Crippen molar-refractivity contribution in [1.29, 1.82) is 0 Å². The third-order valence-corrected chi connectivity index (χ3v) is 3.84. The van der Waals surface area contributed by atoms with Crippen molar-refractivity contribution < 1.29 is 9.72 Å². The monoisotopic (exact) mass is 332 g/mol. The smallest absolute Gasteiger partial charge is 0.270 e. The fraction of sp³-hybridized carbons (Fsp3) is 0.235. The van der Waals surface area contributed by atoms with E-state index in [4.69, 9.17) is 11.6 Å². The van der Waals surface area contributed by atoms with Crippen LogP contribution in [0.5, 0.6) is 0 Å². The maximum Gasteiger partial charge on any atom is 0.270 e. The molecule has 0 radical (unpaired) electrons. The average Bonchev–Trinajstić information content (AvgIpc) is 2.52. The highest BCUT2D eigenvalue weighted by molar-refractivity contribution is 6.34. The number of hydrogen-bond acceptors (Lipinski definition) is 3. The Morgan fingerprint density at radius 3 is 2.57 bits per heavy atom. The normalized spacial score (nSPS) is 10.6. The maximum atomic E-state index is 12.2. The van der Waals surface area contributed by atoms with Gasteiger partial charge in [0.25, 0.3) is 11.6 Å². The predicted octanol–water partition coefficient (Wildman–Crippen LogP) is 4.30. The molecule has 0 spiro atoms. The van der Waals surface area contributed by atoms with Crippen LogP contribution < -0.4 is 5.32 Å². The van der Waals surface area contributed by atoms with Crippen molar-refractivity contribution in [2.24, 2.45) is 0 Å². The molecule has 0 aliphatic rings. The second-order valence-electron chi connectivity index (χ2n) is 5.46. The molecular formula is C17H17ClN2O3. The van der Waals surface area contributed by atoms with Crippen LogP contribution in [0.1, 0.15) is 41.3 Å². The van der Waals surface area contributed by atoms with E-state index in [1.807, 2.05) is 24.3 Å². The van der Waals surface area contributed by atoms with Crippen LogP contribution in [0, 0.1) is 10.1 Å². The van der Waals surface area contributed by atoms with Crippen LogP contribution in [-0.4, -0.2) is 10.8 Å². The van der Waals surface area contributed by atoms with Crippen molar-refractivity contribution in [2.75, 3.05) is 0 Å². The van der Waals surface area contributed by atoms with E-state index in [0.717, 1.165) is 5.56 Å².